The second kappa shape index (κ2) is 12.6. The lowest BCUT2D eigenvalue weighted by Crippen LogP contribution is -2.62. The number of ether oxygens (including phenoxy) is 1. The van der Waals surface area contributed by atoms with Crippen molar-refractivity contribution in [1.82, 2.24) is 20.9 Å². The molecule has 5 N–H and O–H groups in total. The number of ketones is 1. The minimum Gasteiger partial charge on any atom is -0.491 e. The first kappa shape index (κ1) is 34.2. The number of nitrogens with one attached hydrogen (secondary N) is 3. The number of hydrogen-bond donors (Lipinski definition) is 4. The molecule has 0 aromatic heterocycles. The quantitative estimate of drug-likeness (QED) is 0.261. The van der Waals surface area contributed by atoms with Gasteiger partial charge < -0.3 is 31.3 Å². The number of nitrogens with two attached hydrogens (primary N) is 1. The highest BCUT2D eigenvalue weighted by molar-refractivity contribution is 6.37. The molecular weight excluding hydrogens is 574 g/mol. The predicted molar refractivity (Wildman–Crippen MR) is 170 cm³/mol. The summed E-state index contributed by atoms with van der Waals surface area (Å²) in [6.45, 7) is 16.3. The maximum absolute atomic E-state index is 14.3. The Hall–Kier alpha value is -3.63. The van der Waals surface area contributed by atoms with E-state index in [1.54, 1.807) is 4.90 Å². The molecule has 1 aromatic carbocycles. The van der Waals surface area contributed by atoms with E-state index >= 15 is 0 Å². The molecule has 2 saturated carbocycles. The van der Waals surface area contributed by atoms with Crippen LogP contribution >= 0.6 is 0 Å². The van der Waals surface area contributed by atoms with Crippen molar-refractivity contribution >= 4 is 29.5 Å². The molecule has 2 aliphatic carbocycles. The zero-order valence-corrected chi connectivity index (χ0v) is 27.9. The molecule has 5 amide bonds. The highest BCUT2D eigenvalue weighted by Crippen LogP contribution is 2.65. The van der Waals surface area contributed by atoms with Gasteiger partial charge in [0.2, 0.25) is 17.6 Å². The molecule has 1 aliphatic heterocycles. The van der Waals surface area contributed by atoms with Crippen LogP contribution in [0, 0.1) is 34.0 Å². The van der Waals surface area contributed by atoms with Crippen molar-refractivity contribution in [3.63, 3.8) is 0 Å². The van der Waals surface area contributed by atoms with Crippen molar-refractivity contribution in [3.8, 4) is 5.75 Å². The van der Waals surface area contributed by atoms with Crippen molar-refractivity contribution in [3.05, 3.63) is 30.3 Å². The van der Waals surface area contributed by atoms with E-state index in [1.807, 2.05) is 71.9 Å². The molecule has 248 valence electrons. The van der Waals surface area contributed by atoms with E-state index in [0.717, 1.165) is 12.8 Å². The van der Waals surface area contributed by atoms with Gasteiger partial charge in [-0.1, -0.05) is 86.4 Å². The second-order valence-electron chi connectivity index (χ2n) is 15.8. The number of para-hydroxylation sites is 1. The Morgan fingerprint density at radius 2 is 1.58 bits per heavy atom. The van der Waals surface area contributed by atoms with Gasteiger partial charge in [-0.3, -0.25) is 19.2 Å². The lowest BCUT2D eigenvalue weighted by Gasteiger charge is -2.38. The number of primary amides is 1. The number of nitrogens with zero attached hydrogens (tertiary/aromatic N) is 1. The first-order valence-electron chi connectivity index (χ1n) is 16.0. The predicted octanol–water partition coefficient (Wildman–Crippen LogP) is 3.02. The van der Waals surface area contributed by atoms with Crippen molar-refractivity contribution in [1.29, 1.82) is 0 Å². The largest absolute Gasteiger partial charge is 0.491 e. The second-order valence-corrected chi connectivity index (χ2v) is 15.8. The van der Waals surface area contributed by atoms with Gasteiger partial charge in [-0.25, -0.2) is 4.79 Å². The molecule has 45 heavy (non-hydrogen) atoms. The fourth-order valence-electron chi connectivity index (χ4n) is 6.51. The third-order valence-corrected chi connectivity index (χ3v) is 9.80. The van der Waals surface area contributed by atoms with Crippen LogP contribution < -0.4 is 26.4 Å². The average molecular weight is 626 g/mol. The van der Waals surface area contributed by atoms with Crippen LogP contribution in [-0.2, 0) is 19.2 Å². The Morgan fingerprint density at radius 1 is 0.956 bits per heavy atom. The maximum atomic E-state index is 14.3. The number of likely N-dealkylation sites (tertiary alicyclic amines) is 1. The van der Waals surface area contributed by atoms with E-state index in [1.165, 1.54) is 0 Å². The van der Waals surface area contributed by atoms with Crippen molar-refractivity contribution in [2.45, 2.75) is 98.8 Å². The third kappa shape index (κ3) is 7.97. The highest BCUT2D eigenvalue weighted by atomic mass is 16.5. The van der Waals surface area contributed by atoms with Gasteiger partial charge in [0.1, 0.15) is 24.4 Å². The molecule has 6 atom stereocenters. The van der Waals surface area contributed by atoms with Gasteiger partial charge in [0.25, 0.3) is 5.91 Å². The molecular formula is C34H51N5O6. The number of fused-ring (bicyclic) bond motifs is 1. The van der Waals surface area contributed by atoms with E-state index in [9.17, 15) is 24.0 Å². The zero-order chi connectivity index (χ0) is 33.5. The molecule has 1 heterocycles. The molecule has 0 radical (unpaired) electrons. The Labute approximate surface area is 266 Å². The first-order chi connectivity index (χ1) is 20.8. The summed E-state index contributed by atoms with van der Waals surface area (Å²) in [5.74, 6) is -1.81. The fourth-order valence-corrected chi connectivity index (χ4v) is 6.51. The number of hydrogen-bond acceptors (Lipinski definition) is 6. The average Bonchev–Trinajstić information content (AvgIpc) is 3.79. The van der Waals surface area contributed by atoms with Gasteiger partial charge in [-0.2, -0.15) is 0 Å². The molecule has 0 bridgehead atoms. The smallest absolute Gasteiger partial charge is 0.315 e. The summed E-state index contributed by atoms with van der Waals surface area (Å²) in [6.07, 6.45) is 2.21. The number of carbonyl (C=O) groups excluding carboxylic acids is 5. The van der Waals surface area contributed by atoms with Gasteiger partial charge in [-0.15, -0.1) is 0 Å². The minimum absolute atomic E-state index is 0.0979. The molecule has 4 rings (SSSR count). The summed E-state index contributed by atoms with van der Waals surface area (Å²) in [6, 6.07) is 5.66. The Kier molecular flexibility index (Phi) is 9.62. The number of carbonyl (C=O) groups is 5. The topological polar surface area (TPSA) is 160 Å². The number of amides is 5. The third-order valence-electron chi connectivity index (χ3n) is 9.80. The van der Waals surface area contributed by atoms with E-state index < -0.39 is 47.2 Å². The van der Waals surface area contributed by atoms with Crippen LogP contribution in [0.15, 0.2) is 30.3 Å². The van der Waals surface area contributed by atoms with Crippen molar-refractivity contribution in [2.75, 3.05) is 13.2 Å². The number of rotatable bonds is 12. The van der Waals surface area contributed by atoms with E-state index in [4.69, 9.17) is 10.5 Å². The molecule has 0 spiro atoms. The molecule has 11 heteroatoms. The van der Waals surface area contributed by atoms with Crippen LogP contribution in [0.4, 0.5) is 4.79 Å². The highest BCUT2D eigenvalue weighted by Gasteiger charge is 2.70. The van der Waals surface area contributed by atoms with Crippen molar-refractivity contribution in [2.24, 2.45) is 39.7 Å². The van der Waals surface area contributed by atoms with E-state index in [-0.39, 0.29) is 47.1 Å². The van der Waals surface area contributed by atoms with Crippen LogP contribution in [0.1, 0.15) is 74.7 Å². The Balaban J connectivity index is 1.50. The lowest BCUT2D eigenvalue weighted by atomic mass is 9.85. The fraction of sp³-hybridized carbons (Fsp3) is 0.676. The molecule has 11 nitrogen and oxygen atoms in total. The molecule has 3 aliphatic rings. The first-order valence-corrected chi connectivity index (χ1v) is 16.0. The van der Waals surface area contributed by atoms with Crippen LogP contribution in [0.2, 0.25) is 0 Å². The number of piperidine rings is 1. The molecule has 1 saturated heterocycles. The summed E-state index contributed by atoms with van der Waals surface area (Å²) in [5, 5.41) is 8.70. The van der Waals surface area contributed by atoms with Crippen LogP contribution in [0.3, 0.4) is 0 Å². The van der Waals surface area contributed by atoms with Gasteiger partial charge in [0, 0.05) is 6.54 Å². The van der Waals surface area contributed by atoms with E-state index in [2.05, 4.69) is 29.8 Å². The Morgan fingerprint density at radius 3 is 2.11 bits per heavy atom. The van der Waals surface area contributed by atoms with Crippen LogP contribution in [0.5, 0.6) is 5.75 Å². The Bertz CT molecular complexity index is 1300. The summed E-state index contributed by atoms with van der Waals surface area (Å²) in [7, 11) is 0. The number of benzene rings is 1. The summed E-state index contributed by atoms with van der Waals surface area (Å²) < 4.78 is 5.95. The van der Waals surface area contributed by atoms with Gasteiger partial charge in [0.05, 0.1) is 12.1 Å². The summed E-state index contributed by atoms with van der Waals surface area (Å²) in [5.41, 5.74) is 4.10. The van der Waals surface area contributed by atoms with Gasteiger partial charge in [-0.05, 0) is 52.6 Å². The van der Waals surface area contributed by atoms with Gasteiger partial charge in [0.15, 0.2) is 0 Å². The summed E-state index contributed by atoms with van der Waals surface area (Å²) in [4.78, 5) is 67.5. The molecule has 3 fully saturated rings. The normalized spacial score (nSPS) is 24.0. The van der Waals surface area contributed by atoms with Crippen LogP contribution in [-0.4, -0.2) is 71.8 Å². The zero-order valence-electron chi connectivity index (χ0n) is 27.9. The summed E-state index contributed by atoms with van der Waals surface area (Å²) >= 11 is 0. The molecule has 1 aromatic rings. The van der Waals surface area contributed by atoms with Crippen LogP contribution in [0.25, 0.3) is 0 Å². The van der Waals surface area contributed by atoms with Crippen molar-refractivity contribution < 1.29 is 28.7 Å². The van der Waals surface area contributed by atoms with Gasteiger partial charge >= 0.3 is 6.03 Å². The maximum Gasteiger partial charge on any atom is 0.315 e. The minimum atomic E-state index is -1.09. The number of urea groups is 1. The number of Topliss-reactive ketones (excluding diaryl/α,β-unsaturated/α-hetero) is 1. The standard InChI is InChI=1S/C34H51N5O6/c1-32(2,3)23(18-45-20-12-10-9-11-13-20)37-31(44)38-27(33(4,5)6)30(43)39-17-21-24(34(21,7)8)25(39)29(42)36-22(16-19-14-15-19)26(40)28(35)41/h9-13,19,21-25,27H,14-18H2,1-8H3,(H2,35,41)(H,36,42)(H2,37,38,44)/t21-,22?,23+,24-,25-,27+/m0/s1. The lowest BCUT2D eigenvalue weighted by molar-refractivity contribution is -0.145. The SMILES string of the molecule is CC(C)(C)[C@H](NC(=O)N[C@H](COc1ccccc1)C(C)(C)C)C(=O)N1C[C@H]2[C@@H]([C@H]1C(=O)NC(CC1CC1)C(=O)C(N)=O)C2(C)C. The van der Waals surface area contributed by atoms with E-state index in [0.29, 0.717) is 18.7 Å². The molecule has 1 unspecified atom stereocenters. The monoisotopic (exact) mass is 625 g/mol.